The van der Waals surface area contributed by atoms with E-state index in [-0.39, 0.29) is 28.5 Å². The molecule has 2 saturated carbocycles. The molecule has 0 bridgehead atoms. The Kier molecular flexibility index (Phi) is 15.1. The molecule has 3 fully saturated rings. The minimum Gasteiger partial charge on any atom is -0.454 e. The monoisotopic (exact) mass is 871 g/mol. The third-order valence-electron chi connectivity index (χ3n) is 11.1. The SMILES string of the molecule is CC.Cc1cnc(C)cn1.O=CN[C@H]1CCCCC/C=C\[C@@H]2C[C@@]2(C(=O)NS(=O)C2CC2)NC(=O)[C@@H]2CCCN2C1=O.O=c1[nH]c2c3cc(Cl)ccc3oc2c2ccccc12. The molecule has 324 valence electrons. The summed E-state index contributed by atoms with van der Waals surface area (Å²) < 4.78 is 20.7. The van der Waals surface area contributed by atoms with Crippen LogP contribution in [0.1, 0.15) is 89.4 Å². The summed E-state index contributed by atoms with van der Waals surface area (Å²) in [6.07, 6.45) is 15.4. The number of furan rings is 1. The largest absolute Gasteiger partial charge is 0.454 e. The number of H-pyrrole nitrogens is 1. The molecule has 1 unspecified atom stereocenters. The van der Waals surface area contributed by atoms with Gasteiger partial charge >= 0.3 is 0 Å². The number of rotatable bonds is 5. The first-order chi connectivity index (χ1) is 29.5. The van der Waals surface area contributed by atoms with Gasteiger partial charge in [-0.25, -0.2) is 4.21 Å². The fourth-order valence-corrected chi connectivity index (χ4v) is 8.91. The molecule has 5 heterocycles. The first-order valence-electron chi connectivity index (χ1n) is 21.1. The number of aromatic amines is 1. The van der Waals surface area contributed by atoms with Crippen molar-refractivity contribution in [1.82, 2.24) is 35.2 Å². The van der Waals surface area contributed by atoms with Crippen LogP contribution in [0.4, 0.5) is 0 Å². The van der Waals surface area contributed by atoms with Crippen LogP contribution in [-0.2, 0) is 30.2 Å². The Morgan fingerprint density at radius 3 is 2.36 bits per heavy atom. The topological polar surface area (TPSA) is 196 Å². The molecule has 4 N–H and O–H groups in total. The Bertz CT molecular complexity index is 2460. The zero-order chi connectivity index (χ0) is 43.7. The van der Waals surface area contributed by atoms with E-state index in [1.165, 1.54) is 4.90 Å². The van der Waals surface area contributed by atoms with Crippen LogP contribution in [0, 0.1) is 19.8 Å². The van der Waals surface area contributed by atoms with E-state index in [4.69, 9.17) is 16.0 Å². The van der Waals surface area contributed by atoms with Gasteiger partial charge in [-0.2, -0.15) is 0 Å². The van der Waals surface area contributed by atoms with Crippen LogP contribution in [0.25, 0.3) is 32.8 Å². The zero-order valence-corrected chi connectivity index (χ0v) is 36.6. The Balaban J connectivity index is 0.000000179. The number of amides is 4. The van der Waals surface area contributed by atoms with Crippen LogP contribution in [0.2, 0.25) is 5.02 Å². The Morgan fingerprint density at radius 2 is 1.67 bits per heavy atom. The van der Waals surface area contributed by atoms with Crippen molar-refractivity contribution in [2.24, 2.45) is 5.92 Å². The van der Waals surface area contributed by atoms with Crippen molar-refractivity contribution in [2.75, 3.05) is 6.54 Å². The highest BCUT2D eigenvalue weighted by molar-refractivity contribution is 7.84. The van der Waals surface area contributed by atoms with Crippen molar-refractivity contribution in [3.63, 3.8) is 0 Å². The molecule has 5 aromatic rings. The molecule has 0 radical (unpaired) electrons. The number of benzene rings is 2. The van der Waals surface area contributed by atoms with Crippen LogP contribution in [0.3, 0.4) is 0 Å². The maximum absolute atomic E-state index is 13.2. The molecule has 2 aliphatic heterocycles. The van der Waals surface area contributed by atoms with E-state index in [1.54, 1.807) is 30.6 Å². The van der Waals surface area contributed by atoms with E-state index >= 15 is 0 Å². The second-order valence-corrected chi connectivity index (χ2v) is 17.4. The summed E-state index contributed by atoms with van der Waals surface area (Å²) in [7, 11) is -1.43. The predicted octanol–water partition coefficient (Wildman–Crippen LogP) is 6.63. The summed E-state index contributed by atoms with van der Waals surface area (Å²) in [6, 6.07) is 11.5. The van der Waals surface area contributed by atoms with Gasteiger partial charge in [-0.3, -0.25) is 38.7 Å². The molecule has 4 aliphatic rings. The second kappa shape index (κ2) is 20.4. The minimum absolute atomic E-state index is 0.00579. The lowest BCUT2D eigenvalue weighted by molar-refractivity contribution is -0.141. The van der Waals surface area contributed by atoms with Crippen LogP contribution in [0.5, 0.6) is 0 Å². The molecule has 1 saturated heterocycles. The molecule has 0 spiro atoms. The maximum Gasteiger partial charge on any atom is 0.258 e. The van der Waals surface area contributed by atoms with E-state index < -0.39 is 34.5 Å². The third-order valence-corrected chi connectivity index (χ3v) is 12.8. The van der Waals surface area contributed by atoms with E-state index in [0.29, 0.717) is 65.7 Å². The molecule has 16 heteroatoms. The summed E-state index contributed by atoms with van der Waals surface area (Å²) in [5.74, 6) is -1.17. The molecule has 14 nitrogen and oxygen atoms in total. The highest BCUT2D eigenvalue weighted by atomic mass is 35.5. The molecule has 5 atom stereocenters. The highest BCUT2D eigenvalue weighted by Crippen LogP contribution is 2.46. The van der Waals surface area contributed by atoms with Gasteiger partial charge < -0.3 is 24.9 Å². The smallest absolute Gasteiger partial charge is 0.258 e. The quantitative estimate of drug-likeness (QED) is 0.111. The second-order valence-electron chi connectivity index (χ2n) is 15.5. The summed E-state index contributed by atoms with van der Waals surface area (Å²) in [5.41, 5.74) is 2.80. The van der Waals surface area contributed by atoms with Crippen LogP contribution >= 0.6 is 11.6 Å². The lowest BCUT2D eigenvalue weighted by Gasteiger charge is -2.29. The van der Waals surface area contributed by atoms with Gasteiger partial charge in [0, 0.05) is 40.7 Å². The number of hydrogen-bond acceptors (Lipinski definition) is 9. The molecule has 2 aromatic carbocycles. The molecule has 2 aliphatic carbocycles. The Hall–Kier alpha value is -5.41. The number of aryl methyl sites for hydroxylation is 2. The number of pyridine rings is 1. The number of nitrogens with zero attached hydrogens (tertiary/aromatic N) is 3. The third kappa shape index (κ3) is 10.7. The van der Waals surface area contributed by atoms with Gasteiger partial charge in [0.1, 0.15) is 34.2 Å². The van der Waals surface area contributed by atoms with Crippen molar-refractivity contribution >= 4 is 79.6 Å². The lowest BCUT2D eigenvalue weighted by Crippen LogP contribution is -2.57. The number of allylic oxidation sites excluding steroid dienone is 1. The van der Waals surface area contributed by atoms with Crippen LogP contribution in [-0.4, -0.2) is 77.6 Å². The van der Waals surface area contributed by atoms with Gasteiger partial charge in [0.2, 0.25) is 18.2 Å². The number of hydrogen-bond donors (Lipinski definition) is 4. The van der Waals surface area contributed by atoms with E-state index in [9.17, 15) is 28.2 Å². The van der Waals surface area contributed by atoms with Crippen molar-refractivity contribution in [1.29, 1.82) is 0 Å². The van der Waals surface area contributed by atoms with E-state index in [2.05, 4.69) is 30.3 Å². The molecular formula is C45H54ClN7O7S. The number of carbonyl (C=O) groups is 4. The number of fused-ring (bicyclic) bond motifs is 7. The number of halogens is 1. The first kappa shape index (κ1) is 45.1. The van der Waals surface area contributed by atoms with E-state index in [1.807, 2.05) is 64.1 Å². The number of nitrogens with one attached hydrogen (secondary N) is 4. The molecule has 4 amide bonds. The molecule has 61 heavy (non-hydrogen) atoms. The van der Waals surface area contributed by atoms with Gasteiger partial charge in [0.25, 0.3) is 11.5 Å². The van der Waals surface area contributed by atoms with Crippen molar-refractivity contribution in [3.8, 4) is 0 Å². The van der Waals surface area contributed by atoms with Crippen LogP contribution < -0.4 is 20.9 Å². The zero-order valence-electron chi connectivity index (χ0n) is 35.0. The number of aromatic nitrogens is 3. The average Bonchev–Trinajstić information content (AvgIpc) is 4.15. The first-order valence-corrected chi connectivity index (χ1v) is 22.7. The lowest BCUT2D eigenvalue weighted by atomic mass is 10.1. The summed E-state index contributed by atoms with van der Waals surface area (Å²) in [6.45, 7) is 8.29. The van der Waals surface area contributed by atoms with Crippen molar-refractivity contribution < 1.29 is 27.8 Å². The Labute approximate surface area is 362 Å². The van der Waals surface area contributed by atoms with Crippen molar-refractivity contribution in [3.05, 3.63) is 93.8 Å². The van der Waals surface area contributed by atoms with Gasteiger partial charge in [-0.1, -0.05) is 68.6 Å². The van der Waals surface area contributed by atoms with Gasteiger partial charge in [0.05, 0.1) is 27.5 Å². The fraction of sp³-hybridized carbons (Fsp3) is 0.444. The van der Waals surface area contributed by atoms with Crippen LogP contribution in [0.15, 0.2) is 76.2 Å². The number of carbonyl (C=O) groups excluding carboxylic acids is 4. The summed E-state index contributed by atoms with van der Waals surface area (Å²) >= 11 is 6.00. The van der Waals surface area contributed by atoms with Gasteiger partial charge in [-0.05, 0) is 89.5 Å². The van der Waals surface area contributed by atoms with Gasteiger partial charge in [0.15, 0.2) is 5.58 Å². The fourth-order valence-electron chi connectivity index (χ4n) is 7.64. The van der Waals surface area contributed by atoms with Crippen molar-refractivity contribution in [2.45, 2.75) is 115 Å². The predicted molar refractivity (Wildman–Crippen MR) is 238 cm³/mol. The average molecular weight is 872 g/mol. The highest BCUT2D eigenvalue weighted by Gasteiger charge is 2.61. The summed E-state index contributed by atoms with van der Waals surface area (Å²) in [4.78, 5) is 75.0. The molecule has 9 rings (SSSR count). The Morgan fingerprint density at radius 1 is 0.951 bits per heavy atom. The summed E-state index contributed by atoms with van der Waals surface area (Å²) in [5, 5.41) is 8.42. The molecule has 3 aromatic heterocycles. The normalized spacial score (nSPS) is 23.4. The maximum atomic E-state index is 13.2. The standard InChI is InChI=1S/C22H32N4O5S.C15H8ClNO2.C6H8N2.C2H6/c27-14-23-17-8-5-3-1-2-4-7-15-13-22(15,21(30)25-32(31)16-10-11-16)24-19(28)18-9-6-12-26(18)20(17)29;16-8-5-6-12-11(7-8)13-14(19-12)9-3-1-2-4-10(9)15(18)17-13;1-5-3-8-6(2)4-7-5;1-2/h4,7,14-18H,1-3,5-6,8-13H2,(H,23,27)(H,24,28)(H,25,30);1-7H,(H,17,18);3-4H,1-2H3;1-2H3/b7-4-;;;/t15-,17+,18+,22-,32?;;;/m1.../s1. The van der Waals surface area contributed by atoms with Gasteiger partial charge in [-0.15, -0.1) is 0 Å². The minimum atomic E-state index is -1.43. The molecular weight excluding hydrogens is 818 g/mol. The van der Waals surface area contributed by atoms with E-state index in [0.717, 1.165) is 60.7 Å².